The summed E-state index contributed by atoms with van der Waals surface area (Å²) in [6.07, 6.45) is 0. The Morgan fingerprint density at radius 2 is 1.74 bits per heavy atom. The number of benzene rings is 1. The fourth-order valence-corrected chi connectivity index (χ4v) is 1.76. The smallest absolute Gasteiger partial charge is 0.481 e. The van der Waals surface area contributed by atoms with Crippen LogP contribution in [0, 0.1) is 0 Å². The third-order valence-corrected chi connectivity index (χ3v) is 3.45. The fourth-order valence-electron chi connectivity index (χ4n) is 1.20. The predicted octanol–water partition coefficient (Wildman–Crippen LogP) is 2.14. The van der Waals surface area contributed by atoms with Crippen LogP contribution in [0.1, 0.15) is 18.4 Å². The third-order valence-electron chi connectivity index (χ3n) is 2.34. The number of anilines is 1. The first-order valence-electron chi connectivity index (χ1n) is 4.96. The Balaban J connectivity index is 2.93. The van der Waals surface area contributed by atoms with Gasteiger partial charge in [-0.3, -0.25) is 9.52 Å². The van der Waals surface area contributed by atoms with E-state index >= 15 is 0 Å². The highest BCUT2D eigenvalue weighted by molar-refractivity contribution is 7.93. The lowest BCUT2D eigenvalue weighted by Crippen LogP contribution is -2.29. The molecule has 1 rings (SSSR count). The summed E-state index contributed by atoms with van der Waals surface area (Å²) in [5, 5.41) is 8.74. The highest BCUT2D eigenvalue weighted by atomic mass is 32.2. The van der Waals surface area contributed by atoms with Gasteiger partial charge in [-0.25, -0.2) is 0 Å². The van der Waals surface area contributed by atoms with Crippen LogP contribution in [0.2, 0.25) is 0 Å². The Morgan fingerprint density at radius 3 is 2.11 bits per heavy atom. The van der Waals surface area contributed by atoms with Crippen LogP contribution >= 0.6 is 0 Å². The average molecular weight is 297 g/mol. The minimum absolute atomic E-state index is 0.293. The zero-order valence-electron chi connectivity index (χ0n) is 9.60. The Morgan fingerprint density at radius 1 is 1.26 bits per heavy atom. The minimum Gasteiger partial charge on any atom is -0.481 e. The van der Waals surface area contributed by atoms with E-state index in [1.54, 1.807) is 0 Å². The molecule has 0 unspecified atom stereocenters. The van der Waals surface area contributed by atoms with Gasteiger partial charge in [-0.2, -0.15) is 21.6 Å². The molecule has 1 aromatic rings. The summed E-state index contributed by atoms with van der Waals surface area (Å²) >= 11 is 0. The molecule has 0 saturated heterocycles. The Bertz CT molecular complexity index is 565. The van der Waals surface area contributed by atoms with Gasteiger partial charge in [0.2, 0.25) is 0 Å². The molecule has 0 aromatic heterocycles. The molecule has 0 aliphatic carbocycles. The van der Waals surface area contributed by atoms with Crippen molar-refractivity contribution in [3.05, 3.63) is 29.8 Å². The molecule has 2 N–H and O–H groups in total. The molecule has 0 fully saturated rings. The molecule has 0 saturated carbocycles. The van der Waals surface area contributed by atoms with E-state index in [4.69, 9.17) is 5.11 Å². The largest absolute Gasteiger partial charge is 0.516 e. The molecule has 106 valence electrons. The Hall–Kier alpha value is -1.77. The van der Waals surface area contributed by atoms with E-state index in [0.29, 0.717) is 5.56 Å². The summed E-state index contributed by atoms with van der Waals surface area (Å²) in [5.74, 6) is -1.93. The van der Waals surface area contributed by atoms with Crippen molar-refractivity contribution in [3.63, 3.8) is 0 Å². The molecular weight excluding hydrogens is 287 g/mol. The summed E-state index contributed by atoms with van der Waals surface area (Å²) in [6, 6.07) is 4.62. The van der Waals surface area contributed by atoms with Crippen molar-refractivity contribution < 1.29 is 31.5 Å². The summed E-state index contributed by atoms with van der Waals surface area (Å²) in [4.78, 5) is 10.7. The Kier molecular flexibility index (Phi) is 4.09. The van der Waals surface area contributed by atoms with Crippen LogP contribution in [-0.4, -0.2) is 25.0 Å². The van der Waals surface area contributed by atoms with Gasteiger partial charge in [0.1, 0.15) is 0 Å². The summed E-state index contributed by atoms with van der Waals surface area (Å²) < 4.78 is 59.3. The van der Waals surface area contributed by atoms with E-state index in [2.05, 4.69) is 0 Å². The van der Waals surface area contributed by atoms with Gasteiger partial charge in [-0.15, -0.1) is 0 Å². The highest BCUT2D eigenvalue weighted by Gasteiger charge is 2.46. The molecule has 0 radical (unpaired) electrons. The van der Waals surface area contributed by atoms with Gasteiger partial charge < -0.3 is 5.11 Å². The topological polar surface area (TPSA) is 83.5 Å². The van der Waals surface area contributed by atoms with Crippen LogP contribution in [0.5, 0.6) is 0 Å². The summed E-state index contributed by atoms with van der Waals surface area (Å²) in [5.41, 5.74) is -5.35. The number of carboxylic acid groups (broad SMARTS) is 1. The van der Waals surface area contributed by atoms with E-state index in [1.807, 2.05) is 0 Å². The fraction of sp³-hybridized carbons (Fsp3) is 0.300. The SMILES string of the molecule is C[C@@H](C(=O)O)c1ccc(NS(=O)(=O)C(F)(F)F)cc1. The molecule has 0 spiro atoms. The van der Waals surface area contributed by atoms with Crippen molar-refractivity contribution in [2.75, 3.05) is 4.72 Å². The van der Waals surface area contributed by atoms with Crippen LogP contribution < -0.4 is 4.72 Å². The van der Waals surface area contributed by atoms with Gasteiger partial charge in [0.25, 0.3) is 0 Å². The number of carboxylic acids is 1. The van der Waals surface area contributed by atoms with Crippen molar-refractivity contribution in [2.45, 2.75) is 18.3 Å². The molecule has 0 aliphatic heterocycles. The monoisotopic (exact) mass is 297 g/mol. The van der Waals surface area contributed by atoms with E-state index in [1.165, 1.54) is 23.8 Å². The van der Waals surface area contributed by atoms with E-state index in [9.17, 15) is 26.4 Å². The van der Waals surface area contributed by atoms with Gasteiger partial charge in [-0.05, 0) is 24.6 Å². The number of hydrogen-bond donors (Lipinski definition) is 2. The van der Waals surface area contributed by atoms with Crippen LogP contribution in [-0.2, 0) is 14.8 Å². The van der Waals surface area contributed by atoms with Crippen molar-refractivity contribution in [1.29, 1.82) is 0 Å². The van der Waals surface area contributed by atoms with Crippen molar-refractivity contribution in [3.8, 4) is 0 Å². The summed E-state index contributed by atoms with van der Waals surface area (Å²) in [7, 11) is -5.47. The minimum atomic E-state index is -5.47. The van der Waals surface area contributed by atoms with Gasteiger partial charge in [0.05, 0.1) is 5.92 Å². The van der Waals surface area contributed by atoms with Crippen LogP contribution in [0.15, 0.2) is 24.3 Å². The quantitative estimate of drug-likeness (QED) is 0.891. The maximum atomic E-state index is 12.1. The zero-order chi connectivity index (χ0) is 14.8. The molecule has 1 atom stereocenters. The van der Waals surface area contributed by atoms with Gasteiger partial charge in [0.15, 0.2) is 0 Å². The maximum Gasteiger partial charge on any atom is 0.516 e. The number of halogens is 3. The molecule has 19 heavy (non-hydrogen) atoms. The number of sulfonamides is 1. The molecule has 0 amide bonds. The predicted molar refractivity (Wildman–Crippen MR) is 61.1 cm³/mol. The highest BCUT2D eigenvalue weighted by Crippen LogP contribution is 2.26. The first-order chi connectivity index (χ1) is 8.54. The Labute approximate surface area is 107 Å². The molecule has 0 bridgehead atoms. The maximum absolute atomic E-state index is 12.1. The number of rotatable bonds is 4. The molecule has 5 nitrogen and oxygen atoms in total. The van der Waals surface area contributed by atoms with Crippen molar-refractivity contribution in [2.24, 2.45) is 0 Å². The second-order valence-corrected chi connectivity index (χ2v) is 5.41. The first-order valence-corrected chi connectivity index (χ1v) is 6.45. The summed E-state index contributed by atoms with van der Waals surface area (Å²) in [6.45, 7) is 1.40. The van der Waals surface area contributed by atoms with Crippen LogP contribution in [0.3, 0.4) is 0 Å². The second kappa shape index (κ2) is 5.08. The number of alkyl halides is 3. The van der Waals surface area contributed by atoms with Gasteiger partial charge >= 0.3 is 21.5 Å². The molecule has 0 heterocycles. The lowest BCUT2D eigenvalue weighted by atomic mass is 10.0. The van der Waals surface area contributed by atoms with Gasteiger partial charge in [0, 0.05) is 5.69 Å². The van der Waals surface area contributed by atoms with Crippen molar-refractivity contribution >= 4 is 21.7 Å². The third kappa shape index (κ3) is 3.60. The van der Waals surface area contributed by atoms with E-state index in [-0.39, 0.29) is 5.69 Å². The van der Waals surface area contributed by atoms with Crippen LogP contribution in [0.4, 0.5) is 18.9 Å². The average Bonchev–Trinajstić information content (AvgIpc) is 2.27. The normalized spacial score (nSPS) is 13.9. The molecule has 0 aliphatic rings. The standard InChI is InChI=1S/C10H10F3NO4S/c1-6(9(15)16)7-2-4-8(5-3-7)14-19(17,18)10(11,12)13/h2-6,14H,1H3,(H,15,16)/t6-/m1/s1. The lowest BCUT2D eigenvalue weighted by Gasteiger charge is -2.11. The van der Waals surface area contributed by atoms with E-state index < -0.39 is 27.4 Å². The second-order valence-electron chi connectivity index (χ2n) is 3.73. The molecule has 9 heteroatoms. The lowest BCUT2D eigenvalue weighted by molar-refractivity contribution is -0.138. The van der Waals surface area contributed by atoms with E-state index in [0.717, 1.165) is 12.1 Å². The number of carbonyl (C=O) groups is 1. The number of nitrogens with one attached hydrogen (secondary N) is 1. The number of hydrogen-bond acceptors (Lipinski definition) is 3. The van der Waals surface area contributed by atoms with Gasteiger partial charge in [-0.1, -0.05) is 12.1 Å². The van der Waals surface area contributed by atoms with Crippen LogP contribution in [0.25, 0.3) is 0 Å². The number of aliphatic carboxylic acids is 1. The molecule has 1 aromatic carbocycles. The zero-order valence-corrected chi connectivity index (χ0v) is 10.4. The first kappa shape index (κ1) is 15.3. The van der Waals surface area contributed by atoms with Crippen molar-refractivity contribution in [1.82, 2.24) is 0 Å². The molecular formula is C10H10F3NO4S.